The van der Waals surface area contributed by atoms with E-state index in [4.69, 9.17) is 9.84 Å². The maximum Gasteiger partial charge on any atom is 0.334 e. The van der Waals surface area contributed by atoms with Gasteiger partial charge in [-0.1, -0.05) is 12.8 Å². The number of nitrogens with one attached hydrogen (secondary N) is 1. The molecule has 1 aliphatic heterocycles. The number of carbonyl (C=O) groups excluding carboxylic acids is 2. The molecule has 118 valence electrons. The van der Waals surface area contributed by atoms with Crippen molar-refractivity contribution in [3.63, 3.8) is 0 Å². The van der Waals surface area contributed by atoms with Crippen LogP contribution in [0, 0.1) is 5.92 Å². The lowest BCUT2D eigenvalue weighted by molar-refractivity contribution is -0.160. The Balaban J connectivity index is 2.05. The van der Waals surface area contributed by atoms with Crippen molar-refractivity contribution in [2.45, 2.75) is 44.8 Å². The first-order valence-corrected chi connectivity index (χ1v) is 7.39. The topological polar surface area (TPSA) is 95.9 Å². The molecule has 0 aromatic rings. The molecule has 0 radical (unpaired) electrons. The van der Waals surface area contributed by atoms with Crippen molar-refractivity contribution < 1.29 is 24.2 Å². The van der Waals surface area contributed by atoms with Gasteiger partial charge < -0.3 is 20.1 Å². The number of carboxylic acid groups (broad SMARTS) is 1. The summed E-state index contributed by atoms with van der Waals surface area (Å²) in [5.74, 6) is -1.34. The molecule has 2 fully saturated rings. The van der Waals surface area contributed by atoms with Crippen molar-refractivity contribution in [3.05, 3.63) is 0 Å². The summed E-state index contributed by atoms with van der Waals surface area (Å²) in [5, 5.41) is 11.7. The highest BCUT2D eigenvalue weighted by Crippen LogP contribution is 2.29. The van der Waals surface area contributed by atoms with Crippen LogP contribution in [0.1, 0.15) is 32.6 Å². The summed E-state index contributed by atoms with van der Waals surface area (Å²) in [6.45, 7) is 2.01. The fourth-order valence-electron chi connectivity index (χ4n) is 3.09. The molecule has 1 saturated heterocycles. The summed E-state index contributed by atoms with van der Waals surface area (Å²) in [6.07, 6.45) is 2.99. The monoisotopic (exact) mass is 298 g/mol. The number of rotatable bonds is 4. The molecule has 2 amide bonds. The Morgan fingerprint density at radius 3 is 2.52 bits per heavy atom. The third kappa shape index (κ3) is 3.93. The second kappa shape index (κ2) is 6.89. The predicted molar refractivity (Wildman–Crippen MR) is 73.5 cm³/mol. The third-order valence-corrected chi connectivity index (χ3v) is 4.15. The van der Waals surface area contributed by atoms with Gasteiger partial charge in [-0.05, 0) is 18.8 Å². The van der Waals surface area contributed by atoms with Gasteiger partial charge >= 0.3 is 5.97 Å². The van der Waals surface area contributed by atoms with Crippen LogP contribution in [0.2, 0.25) is 0 Å². The summed E-state index contributed by atoms with van der Waals surface area (Å²) >= 11 is 0. The molecule has 0 bridgehead atoms. The van der Waals surface area contributed by atoms with Gasteiger partial charge in [-0.25, -0.2) is 4.79 Å². The Bertz CT molecular complexity index is 420. The van der Waals surface area contributed by atoms with E-state index >= 15 is 0 Å². The van der Waals surface area contributed by atoms with Crippen molar-refractivity contribution >= 4 is 17.8 Å². The zero-order valence-electron chi connectivity index (χ0n) is 12.2. The molecule has 21 heavy (non-hydrogen) atoms. The number of hydrogen-bond donors (Lipinski definition) is 2. The van der Waals surface area contributed by atoms with Crippen LogP contribution in [-0.2, 0) is 19.1 Å². The minimum atomic E-state index is -1.07. The summed E-state index contributed by atoms with van der Waals surface area (Å²) in [6, 6.07) is -0.544. The Morgan fingerprint density at radius 1 is 1.29 bits per heavy atom. The van der Waals surface area contributed by atoms with E-state index in [-0.39, 0.29) is 30.9 Å². The van der Waals surface area contributed by atoms with Gasteiger partial charge in [0.2, 0.25) is 11.8 Å². The highest BCUT2D eigenvalue weighted by molar-refractivity contribution is 5.87. The highest BCUT2D eigenvalue weighted by Gasteiger charge is 2.37. The first-order chi connectivity index (χ1) is 9.99. The smallest absolute Gasteiger partial charge is 0.334 e. The number of hydrogen-bond acceptors (Lipinski definition) is 4. The first kappa shape index (κ1) is 15.8. The molecule has 2 aliphatic rings. The average Bonchev–Trinajstić information content (AvgIpc) is 2.98. The largest absolute Gasteiger partial charge is 0.479 e. The van der Waals surface area contributed by atoms with Crippen molar-refractivity contribution in [1.29, 1.82) is 0 Å². The van der Waals surface area contributed by atoms with Crippen LogP contribution in [-0.4, -0.2) is 59.6 Å². The Kier molecular flexibility index (Phi) is 5.17. The summed E-state index contributed by atoms with van der Waals surface area (Å²) in [7, 11) is 0. The van der Waals surface area contributed by atoms with Crippen molar-refractivity contribution in [3.8, 4) is 0 Å². The van der Waals surface area contributed by atoms with E-state index in [1.165, 1.54) is 11.8 Å². The molecule has 0 aromatic carbocycles. The molecule has 0 unspecified atom stereocenters. The van der Waals surface area contributed by atoms with Gasteiger partial charge in [0.25, 0.3) is 0 Å². The van der Waals surface area contributed by atoms with E-state index in [1.807, 2.05) is 0 Å². The van der Waals surface area contributed by atoms with Gasteiger partial charge in [0.15, 0.2) is 6.10 Å². The number of carboxylic acids is 1. The van der Waals surface area contributed by atoms with E-state index in [9.17, 15) is 14.4 Å². The molecular formula is C14H22N2O5. The minimum absolute atomic E-state index is 0.0387. The quantitative estimate of drug-likeness (QED) is 0.761. The number of morpholine rings is 1. The molecule has 0 aromatic heterocycles. The first-order valence-electron chi connectivity index (χ1n) is 7.39. The van der Waals surface area contributed by atoms with E-state index < -0.39 is 18.1 Å². The third-order valence-electron chi connectivity index (χ3n) is 4.15. The van der Waals surface area contributed by atoms with Crippen LogP contribution in [0.15, 0.2) is 0 Å². The van der Waals surface area contributed by atoms with E-state index in [0.29, 0.717) is 6.54 Å². The van der Waals surface area contributed by atoms with Gasteiger partial charge in [-0.3, -0.25) is 9.59 Å². The molecule has 2 rings (SSSR count). The van der Waals surface area contributed by atoms with Crippen molar-refractivity contribution in [1.82, 2.24) is 10.2 Å². The maximum atomic E-state index is 12.7. The number of amides is 2. The average molecular weight is 298 g/mol. The van der Waals surface area contributed by atoms with E-state index in [2.05, 4.69) is 5.32 Å². The molecule has 0 spiro atoms. The molecule has 1 aliphatic carbocycles. The molecular weight excluding hydrogens is 276 g/mol. The molecule has 2 N–H and O–H groups in total. The summed E-state index contributed by atoms with van der Waals surface area (Å²) < 4.78 is 5.13. The Morgan fingerprint density at radius 2 is 1.95 bits per heavy atom. The fourth-order valence-corrected chi connectivity index (χ4v) is 3.09. The lowest BCUT2D eigenvalue weighted by atomic mass is 9.96. The number of aliphatic carboxylic acids is 1. The molecule has 7 heteroatoms. The van der Waals surface area contributed by atoms with Gasteiger partial charge in [-0.2, -0.15) is 0 Å². The molecule has 1 heterocycles. The summed E-state index contributed by atoms with van der Waals surface area (Å²) in [5.41, 5.74) is 0. The van der Waals surface area contributed by atoms with E-state index in [0.717, 1.165) is 25.7 Å². The highest BCUT2D eigenvalue weighted by atomic mass is 16.5. The van der Waals surface area contributed by atoms with Gasteiger partial charge in [0, 0.05) is 13.5 Å². The second-order valence-corrected chi connectivity index (χ2v) is 5.70. The summed E-state index contributed by atoms with van der Waals surface area (Å²) in [4.78, 5) is 36.5. The number of nitrogens with zero attached hydrogens (tertiary/aromatic N) is 1. The van der Waals surface area contributed by atoms with Crippen molar-refractivity contribution in [2.75, 3.05) is 19.7 Å². The molecule has 7 nitrogen and oxygen atoms in total. The Labute approximate surface area is 123 Å². The minimum Gasteiger partial charge on any atom is -0.479 e. The molecule has 1 saturated carbocycles. The van der Waals surface area contributed by atoms with Crippen LogP contribution in [0.3, 0.4) is 0 Å². The normalized spacial score (nSPS) is 24.6. The van der Waals surface area contributed by atoms with E-state index in [1.54, 1.807) is 0 Å². The standard InChI is InChI=1S/C14H22N2O5/c1-9(17)15-12(10-4-2-3-5-10)13(18)16-6-7-21-11(8-16)14(19)20/h10-12H,2-8H2,1H3,(H,15,17)(H,19,20)/t11-,12-/m1/s1. The molecule has 2 atom stereocenters. The zero-order valence-corrected chi connectivity index (χ0v) is 12.2. The van der Waals surface area contributed by atoms with Crippen LogP contribution in [0.5, 0.6) is 0 Å². The number of carbonyl (C=O) groups is 3. The SMILES string of the molecule is CC(=O)N[C@@H](C(=O)N1CCO[C@@H](C(=O)O)C1)C1CCCC1. The lowest BCUT2D eigenvalue weighted by Gasteiger charge is -2.35. The van der Waals surface area contributed by atoms with Crippen LogP contribution in [0.4, 0.5) is 0 Å². The van der Waals surface area contributed by atoms with Crippen LogP contribution in [0.25, 0.3) is 0 Å². The second-order valence-electron chi connectivity index (χ2n) is 5.70. The van der Waals surface area contributed by atoms with Crippen LogP contribution >= 0.6 is 0 Å². The van der Waals surface area contributed by atoms with Gasteiger partial charge in [0.05, 0.1) is 13.2 Å². The van der Waals surface area contributed by atoms with Gasteiger partial charge in [-0.15, -0.1) is 0 Å². The maximum absolute atomic E-state index is 12.7. The lowest BCUT2D eigenvalue weighted by Crippen LogP contribution is -2.56. The number of ether oxygens (including phenoxy) is 1. The Hall–Kier alpha value is -1.63. The van der Waals surface area contributed by atoms with Crippen molar-refractivity contribution in [2.24, 2.45) is 5.92 Å². The predicted octanol–water partition coefficient (Wildman–Crippen LogP) is -0.00670. The zero-order chi connectivity index (χ0) is 15.4. The fraction of sp³-hybridized carbons (Fsp3) is 0.786. The van der Waals surface area contributed by atoms with Gasteiger partial charge in [0.1, 0.15) is 6.04 Å². The van der Waals surface area contributed by atoms with Crippen LogP contribution < -0.4 is 5.32 Å².